The second kappa shape index (κ2) is 13.2. The number of thiol groups is 1. The number of amides is 3. The van der Waals surface area contributed by atoms with Gasteiger partial charge in [0.1, 0.15) is 29.6 Å². The lowest BCUT2D eigenvalue weighted by atomic mass is 10.0. The number of rotatable bonds is 11. The largest absolute Gasteiger partial charge is 0.508 e. The zero-order valence-corrected chi connectivity index (χ0v) is 21.5. The van der Waals surface area contributed by atoms with Gasteiger partial charge in [-0.25, -0.2) is 4.79 Å². The number of aliphatic carboxylic acids is 1. The Hall–Kier alpha value is -3.77. The number of hydrogen-bond donors (Lipinski definition) is 7. The molecule has 1 aliphatic rings. The van der Waals surface area contributed by atoms with Gasteiger partial charge in [0, 0.05) is 18.7 Å². The van der Waals surface area contributed by atoms with E-state index in [2.05, 4.69) is 23.3 Å². The Morgan fingerprint density at radius 3 is 2.00 bits per heavy atom. The predicted octanol–water partition coefficient (Wildman–Crippen LogP) is 0.185. The third-order valence-electron chi connectivity index (χ3n) is 6.35. The van der Waals surface area contributed by atoms with Crippen LogP contribution in [-0.4, -0.2) is 80.4 Å². The van der Waals surface area contributed by atoms with Gasteiger partial charge in [-0.05, 0) is 54.7 Å². The average Bonchev–Trinajstić information content (AvgIpc) is 3.38. The fourth-order valence-electron chi connectivity index (χ4n) is 4.29. The standard InChI is InChI=1S/C26H32N4O7S/c27-19(12-15-3-7-17(31)8-4-15)25(35)30-11-1-2-22(30)24(34)29-21(14-38)23(33)28-20(26(36)37)13-16-5-9-18(32)10-6-16/h3-10,19-22,31-32,38H,1-2,11-14,27H2,(H,28,33)(H,29,34)(H,36,37). The van der Waals surface area contributed by atoms with Crippen LogP contribution in [0.1, 0.15) is 24.0 Å². The Bertz CT molecular complexity index is 1140. The summed E-state index contributed by atoms with van der Waals surface area (Å²) in [6.45, 7) is 0.339. The quantitative estimate of drug-likeness (QED) is 0.196. The van der Waals surface area contributed by atoms with Crippen LogP contribution < -0.4 is 16.4 Å². The van der Waals surface area contributed by atoms with Crippen LogP contribution in [0.5, 0.6) is 11.5 Å². The van der Waals surface area contributed by atoms with Crippen molar-refractivity contribution in [3.05, 3.63) is 59.7 Å². The summed E-state index contributed by atoms with van der Waals surface area (Å²) in [5.41, 5.74) is 7.48. The topological polar surface area (TPSA) is 182 Å². The minimum atomic E-state index is -1.27. The van der Waals surface area contributed by atoms with Crippen molar-refractivity contribution in [2.24, 2.45) is 5.73 Å². The number of aromatic hydroxyl groups is 2. The van der Waals surface area contributed by atoms with Crippen LogP contribution in [0.15, 0.2) is 48.5 Å². The van der Waals surface area contributed by atoms with E-state index in [-0.39, 0.29) is 30.1 Å². The molecule has 4 unspecified atom stereocenters. The van der Waals surface area contributed by atoms with Crippen molar-refractivity contribution in [1.29, 1.82) is 0 Å². The van der Waals surface area contributed by atoms with Crippen LogP contribution in [-0.2, 0) is 32.0 Å². The molecule has 4 atom stereocenters. The minimum absolute atomic E-state index is 0.0293. The first-order valence-electron chi connectivity index (χ1n) is 12.1. The Morgan fingerprint density at radius 2 is 1.47 bits per heavy atom. The van der Waals surface area contributed by atoms with Crippen LogP contribution in [0.2, 0.25) is 0 Å². The lowest BCUT2D eigenvalue weighted by molar-refractivity contribution is -0.142. The van der Waals surface area contributed by atoms with Crippen molar-refractivity contribution in [2.45, 2.75) is 49.9 Å². The molecule has 1 aliphatic heterocycles. The molecule has 1 heterocycles. The molecule has 1 saturated heterocycles. The van der Waals surface area contributed by atoms with E-state index in [4.69, 9.17) is 5.73 Å². The molecular formula is C26H32N4O7S. The molecule has 0 aromatic heterocycles. The minimum Gasteiger partial charge on any atom is -0.508 e. The summed E-state index contributed by atoms with van der Waals surface area (Å²) in [5, 5.41) is 33.4. The van der Waals surface area contributed by atoms with Gasteiger partial charge in [0.05, 0.1) is 6.04 Å². The first-order chi connectivity index (χ1) is 18.1. The maximum absolute atomic E-state index is 13.1. The molecule has 12 heteroatoms. The number of benzene rings is 2. The summed E-state index contributed by atoms with van der Waals surface area (Å²) in [4.78, 5) is 52.1. The van der Waals surface area contributed by atoms with Crippen LogP contribution >= 0.6 is 12.6 Å². The van der Waals surface area contributed by atoms with Gasteiger partial charge in [-0.3, -0.25) is 14.4 Å². The highest BCUT2D eigenvalue weighted by molar-refractivity contribution is 7.80. The fourth-order valence-corrected chi connectivity index (χ4v) is 4.55. The van der Waals surface area contributed by atoms with Crippen LogP contribution in [0.4, 0.5) is 0 Å². The van der Waals surface area contributed by atoms with Crippen LogP contribution in [0.25, 0.3) is 0 Å². The van der Waals surface area contributed by atoms with E-state index in [1.54, 1.807) is 24.3 Å². The van der Waals surface area contributed by atoms with Crippen molar-refractivity contribution in [2.75, 3.05) is 12.3 Å². The number of nitrogens with two attached hydrogens (primary N) is 1. The number of likely N-dealkylation sites (tertiary alicyclic amines) is 1. The second-order valence-electron chi connectivity index (χ2n) is 9.18. The molecule has 11 nitrogen and oxygen atoms in total. The highest BCUT2D eigenvalue weighted by Gasteiger charge is 2.37. The van der Waals surface area contributed by atoms with E-state index >= 15 is 0 Å². The summed E-state index contributed by atoms with van der Waals surface area (Å²) < 4.78 is 0. The number of carboxylic acid groups (broad SMARTS) is 1. The Morgan fingerprint density at radius 1 is 0.921 bits per heavy atom. The number of nitrogens with zero attached hydrogens (tertiary/aromatic N) is 1. The number of nitrogens with one attached hydrogen (secondary N) is 2. The third kappa shape index (κ3) is 7.62. The number of phenolic OH excluding ortho intramolecular Hbond substituents is 2. The Kier molecular flexibility index (Phi) is 9.97. The first-order valence-corrected chi connectivity index (χ1v) is 12.8. The molecule has 0 aliphatic carbocycles. The molecule has 2 aromatic rings. The number of phenols is 2. The fraction of sp³-hybridized carbons (Fsp3) is 0.385. The second-order valence-corrected chi connectivity index (χ2v) is 9.55. The molecule has 2 aromatic carbocycles. The van der Waals surface area contributed by atoms with Gasteiger partial charge in [-0.2, -0.15) is 12.6 Å². The van der Waals surface area contributed by atoms with Gasteiger partial charge >= 0.3 is 5.97 Å². The molecule has 1 fully saturated rings. The number of carbonyl (C=O) groups excluding carboxylic acids is 3. The van der Waals surface area contributed by atoms with Gasteiger partial charge in [-0.1, -0.05) is 24.3 Å². The van der Waals surface area contributed by atoms with Crippen LogP contribution in [0, 0.1) is 0 Å². The van der Waals surface area contributed by atoms with Gasteiger partial charge in [0.15, 0.2) is 0 Å². The molecule has 3 amide bonds. The van der Waals surface area contributed by atoms with E-state index in [1.165, 1.54) is 29.2 Å². The van der Waals surface area contributed by atoms with E-state index in [0.717, 1.165) is 5.56 Å². The van der Waals surface area contributed by atoms with Crippen molar-refractivity contribution >= 4 is 36.3 Å². The summed E-state index contributed by atoms with van der Waals surface area (Å²) in [6, 6.07) is 8.14. The summed E-state index contributed by atoms with van der Waals surface area (Å²) in [7, 11) is 0. The van der Waals surface area contributed by atoms with Gasteiger partial charge in [0.2, 0.25) is 17.7 Å². The molecule has 3 rings (SSSR count). The number of carboxylic acids is 1. The van der Waals surface area contributed by atoms with E-state index < -0.39 is 47.9 Å². The summed E-state index contributed by atoms with van der Waals surface area (Å²) in [6.07, 6.45) is 1.17. The summed E-state index contributed by atoms with van der Waals surface area (Å²) in [5.74, 6) is -2.89. The molecule has 0 radical (unpaired) electrons. The predicted molar refractivity (Wildman–Crippen MR) is 142 cm³/mol. The van der Waals surface area contributed by atoms with Crippen molar-refractivity contribution < 1.29 is 34.5 Å². The normalized spacial score (nSPS) is 17.3. The SMILES string of the molecule is NC(Cc1ccc(O)cc1)C(=O)N1CCCC1C(=O)NC(CS)C(=O)NC(Cc1ccc(O)cc1)C(=O)O. The Balaban J connectivity index is 1.60. The third-order valence-corrected chi connectivity index (χ3v) is 6.72. The molecule has 7 N–H and O–H groups in total. The van der Waals surface area contributed by atoms with Crippen LogP contribution in [0.3, 0.4) is 0 Å². The molecule has 204 valence electrons. The monoisotopic (exact) mass is 544 g/mol. The van der Waals surface area contributed by atoms with Gasteiger partial charge in [0.25, 0.3) is 0 Å². The van der Waals surface area contributed by atoms with E-state index in [1.807, 2.05) is 0 Å². The maximum atomic E-state index is 13.1. The zero-order valence-electron chi connectivity index (χ0n) is 20.6. The van der Waals surface area contributed by atoms with E-state index in [0.29, 0.717) is 24.9 Å². The average molecular weight is 545 g/mol. The highest BCUT2D eigenvalue weighted by Crippen LogP contribution is 2.20. The van der Waals surface area contributed by atoms with Crippen molar-refractivity contribution in [3.8, 4) is 11.5 Å². The molecular weight excluding hydrogens is 512 g/mol. The Labute approximate surface area is 225 Å². The highest BCUT2D eigenvalue weighted by atomic mass is 32.1. The van der Waals surface area contributed by atoms with Crippen molar-refractivity contribution in [3.63, 3.8) is 0 Å². The van der Waals surface area contributed by atoms with E-state index in [9.17, 15) is 34.5 Å². The van der Waals surface area contributed by atoms with Gasteiger partial charge in [-0.15, -0.1) is 0 Å². The zero-order chi connectivity index (χ0) is 27.8. The van der Waals surface area contributed by atoms with Gasteiger partial charge < -0.3 is 36.6 Å². The maximum Gasteiger partial charge on any atom is 0.326 e. The lowest BCUT2D eigenvalue weighted by Gasteiger charge is -2.28. The molecule has 0 spiro atoms. The first kappa shape index (κ1) is 28.8. The smallest absolute Gasteiger partial charge is 0.326 e. The lowest BCUT2D eigenvalue weighted by Crippen LogP contribution is -2.57. The van der Waals surface area contributed by atoms with Crippen molar-refractivity contribution in [1.82, 2.24) is 15.5 Å². The number of hydrogen-bond acceptors (Lipinski definition) is 8. The molecule has 0 bridgehead atoms. The summed E-state index contributed by atoms with van der Waals surface area (Å²) >= 11 is 4.15. The molecule has 38 heavy (non-hydrogen) atoms. The molecule has 0 saturated carbocycles. The number of carbonyl (C=O) groups is 4.